The SMILES string of the molecule is CCCCC(NCC)c1ccc(Cl)s1. The molecule has 0 amide bonds. The lowest BCUT2D eigenvalue weighted by atomic mass is 10.1. The molecule has 0 bridgehead atoms. The summed E-state index contributed by atoms with van der Waals surface area (Å²) in [6, 6.07) is 4.62. The normalized spacial score (nSPS) is 13.1. The fraction of sp³-hybridized carbons (Fsp3) is 0.636. The van der Waals surface area contributed by atoms with Crippen LogP contribution in [0.2, 0.25) is 4.34 Å². The first kappa shape index (κ1) is 12.0. The van der Waals surface area contributed by atoms with Crippen molar-refractivity contribution >= 4 is 22.9 Å². The summed E-state index contributed by atoms with van der Waals surface area (Å²) in [6.07, 6.45) is 3.73. The van der Waals surface area contributed by atoms with Gasteiger partial charge < -0.3 is 5.32 Å². The van der Waals surface area contributed by atoms with Crippen LogP contribution in [0.3, 0.4) is 0 Å². The van der Waals surface area contributed by atoms with Crippen molar-refractivity contribution in [3.8, 4) is 0 Å². The lowest BCUT2D eigenvalue weighted by Crippen LogP contribution is -2.19. The van der Waals surface area contributed by atoms with E-state index >= 15 is 0 Å². The summed E-state index contributed by atoms with van der Waals surface area (Å²) in [5.74, 6) is 0. The van der Waals surface area contributed by atoms with Gasteiger partial charge in [-0.2, -0.15) is 0 Å². The third-order valence-corrected chi connectivity index (χ3v) is 3.58. The quantitative estimate of drug-likeness (QED) is 0.772. The molecule has 0 saturated heterocycles. The molecule has 80 valence electrons. The minimum atomic E-state index is 0.498. The first-order valence-corrected chi connectivity index (χ1v) is 6.46. The molecule has 1 nitrogen and oxygen atoms in total. The zero-order chi connectivity index (χ0) is 10.4. The molecule has 1 aromatic heterocycles. The summed E-state index contributed by atoms with van der Waals surface area (Å²) in [6.45, 7) is 5.39. The molecule has 3 heteroatoms. The number of thiophene rings is 1. The Labute approximate surface area is 95.5 Å². The van der Waals surface area contributed by atoms with Crippen molar-refractivity contribution in [3.05, 3.63) is 21.3 Å². The molecule has 14 heavy (non-hydrogen) atoms. The minimum Gasteiger partial charge on any atom is -0.310 e. The monoisotopic (exact) mass is 231 g/mol. The van der Waals surface area contributed by atoms with Crippen LogP contribution in [-0.2, 0) is 0 Å². The predicted molar refractivity (Wildman–Crippen MR) is 65.3 cm³/mol. The van der Waals surface area contributed by atoms with Crippen LogP contribution in [0.4, 0.5) is 0 Å². The molecule has 1 rings (SSSR count). The summed E-state index contributed by atoms with van der Waals surface area (Å²) in [5, 5.41) is 3.50. The Morgan fingerprint density at radius 1 is 1.43 bits per heavy atom. The molecule has 1 aromatic rings. The highest BCUT2D eigenvalue weighted by molar-refractivity contribution is 7.16. The molecule has 1 heterocycles. The maximum absolute atomic E-state index is 5.93. The van der Waals surface area contributed by atoms with Crippen LogP contribution >= 0.6 is 22.9 Å². The van der Waals surface area contributed by atoms with Crippen molar-refractivity contribution < 1.29 is 0 Å². The number of unbranched alkanes of at least 4 members (excludes halogenated alkanes) is 1. The highest BCUT2D eigenvalue weighted by Crippen LogP contribution is 2.29. The maximum Gasteiger partial charge on any atom is 0.0931 e. The van der Waals surface area contributed by atoms with Crippen molar-refractivity contribution in [2.45, 2.75) is 39.2 Å². The van der Waals surface area contributed by atoms with Crippen molar-refractivity contribution in [2.75, 3.05) is 6.54 Å². The average Bonchev–Trinajstić information content (AvgIpc) is 2.59. The van der Waals surface area contributed by atoms with E-state index in [2.05, 4.69) is 25.2 Å². The second-order valence-electron chi connectivity index (χ2n) is 3.39. The molecule has 0 aliphatic rings. The van der Waals surface area contributed by atoms with E-state index in [1.54, 1.807) is 11.3 Å². The molecule has 1 atom stereocenters. The standard InChI is InChI=1S/C11H18ClNS/c1-3-5-6-9(13-4-2)10-7-8-11(12)14-10/h7-9,13H,3-6H2,1-2H3. The van der Waals surface area contributed by atoms with Gasteiger partial charge in [-0.25, -0.2) is 0 Å². The van der Waals surface area contributed by atoms with Gasteiger partial charge in [-0.15, -0.1) is 11.3 Å². The topological polar surface area (TPSA) is 12.0 Å². The molecule has 0 aromatic carbocycles. The Hall–Kier alpha value is -0.0500. The molecular weight excluding hydrogens is 214 g/mol. The van der Waals surface area contributed by atoms with Crippen LogP contribution in [0.1, 0.15) is 44.0 Å². The fourth-order valence-electron chi connectivity index (χ4n) is 1.52. The van der Waals surface area contributed by atoms with Crippen molar-refractivity contribution in [2.24, 2.45) is 0 Å². The van der Waals surface area contributed by atoms with E-state index < -0.39 is 0 Å². The third kappa shape index (κ3) is 3.60. The van der Waals surface area contributed by atoms with Crippen LogP contribution in [0.5, 0.6) is 0 Å². The van der Waals surface area contributed by atoms with Gasteiger partial charge in [0.1, 0.15) is 0 Å². The second-order valence-corrected chi connectivity index (χ2v) is 5.14. The lowest BCUT2D eigenvalue weighted by Gasteiger charge is -2.15. The van der Waals surface area contributed by atoms with Gasteiger partial charge in [-0.05, 0) is 25.1 Å². The average molecular weight is 232 g/mol. The van der Waals surface area contributed by atoms with E-state index in [0.29, 0.717) is 6.04 Å². The number of halogens is 1. The Balaban J connectivity index is 2.57. The molecule has 0 spiro atoms. The number of hydrogen-bond donors (Lipinski definition) is 1. The zero-order valence-electron chi connectivity index (χ0n) is 8.85. The van der Waals surface area contributed by atoms with Crippen LogP contribution in [0, 0.1) is 0 Å². The fourth-order valence-corrected chi connectivity index (χ4v) is 2.69. The van der Waals surface area contributed by atoms with E-state index in [1.807, 2.05) is 6.07 Å². The van der Waals surface area contributed by atoms with Gasteiger partial charge in [-0.1, -0.05) is 38.3 Å². The smallest absolute Gasteiger partial charge is 0.0931 e. The van der Waals surface area contributed by atoms with Gasteiger partial charge in [0.05, 0.1) is 4.34 Å². The number of hydrogen-bond acceptors (Lipinski definition) is 2. The highest BCUT2D eigenvalue weighted by Gasteiger charge is 2.11. The predicted octanol–water partition coefficient (Wildman–Crippen LogP) is 4.24. The third-order valence-electron chi connectivity index (χ3n) is 2.23. The minimum absolute atomic E-state index is 0.498. The Kier molecular flexibility index (Phi) is 5.53. The maximum atomic E-state index is 5.93. The molecular formula is C11H18ClNS. The Morgan fingerprint density at radius 3 is 2.71 bits per heavy atom. The van der Waals surface area contributed by atoms with Crippen molar-refractivity contribution in [1.29, 1.82) is 0 Å². The first-order chi connectivity index (χ1) is 6.77. The van der Waals surface area contributed by atoms with Crippen LogP contribution < -0.4 is 5.32 Å². The van der Waals surface area contributed by atoms with E-state index in [4.69, 9.17) is 11.6 Å². The summed E-state index contributed by atoms with van der Waals surface area (Å²) < 4.78 is 0.888. The molecule has 1 unspecified atom stereocenters. The second kappa shape index (κ2) is 6.44. The summed E-state index contributed by atoms with van der Waals surface area (Å²) in [4.78, 5) is 1.37. The number of rotatable bonds is 6. The van der Waals surface area contributed by atoms with Crippen molar-refractivity contribution in [3.63, 3.8) is 0 Å². The molecule has 0 aliphatic carbocycles. The van der Waals surface area contributed by atoms with Crippen LogP contribution in [0.25, 0.3) is 0 Å². The van der Waals surface area contributed by atoms with E-state index in [9.17, 15) is 0 Å². The van der Waals surface area contributed by atoms with Crippen LogP contribution in [-0.4, -0.2) is 6.54 Å². The molecule has 0 saturated carbocycles. The van der Waals surface area contributed by atoms with E-state index in [1.165, 1.54) is 24.1 Å². The van der Waals surface area contributed by atoms with Gasteiger partial charge in [0.2, 0.25) is 0 Å². The summed E-state index contributed by atoms with van der Waals surface area (Å²) >= 11 is 7.62. The van der Waals surface area contributed by atoms with Gasteiger partial charge in [0.25, 0.3) is 0 Å². The first-order valence-electron chi connectivity index (χ1n) is 5.26. The van der Waals surface area contributed by atoms with Gasteiger partial charge in [0.15, 0.2) is 0 Å². The molecule has 0 fully saturated rings. The van der Waals surface area contributed by atoms with Crippen LogP contribution in [0.15, 0.2) is 12.1 Å². The van der Waals surface area contributed by atoms with Crippen molar-refractivity contribution in [1.82, 2.24) is 5.32 Å². The molecule has 1 N–H and O–H groups in total. The zero-order valence-corrected chi connectivity index (χ0v) is 10.4. The lowest BCUT2D eigenvalue weighted by molar-refractivity contribution is 0.501. The van der Waals surface area contributed by atoms with E-state index in [0.717, 1.165) is 10.9 Å². The summed E-state index contributed by atoms with van der Waals surface area (Å²) in [5.41, 5.74) is 0. The van der Waals surface area contributed by atoms with E-state index in [-0.39, 0.29) is 0 Å². The number of nitrogens with one attached hydrogen (secondary N) is 1. The molecule has 0 radical (unpaired) electrons. The largest absolute Gasteiger partial charge is 0.310 e. The van der Waals surface area contributed by atoms with Gasteiger partial charge >= 0.3 is 0 Å². The molecule has 0 aliphatic heterocycles. The Bertz CT molecular complexity index is 260. The highest BCUT2D eigenvalue weighted by atomic mass is 35.5. The Morgan fingerprint density at radius 2 is 2.21 bits per heavy atom. The summed E-state index contributed by atoms with van der Waals surface area (Å²) in [7, 11) is 0. The van der Waals surface area contributed by atoms with Gasteiger partial charge in [-0.3, -0.25) is 0 Å². The van der Waals surface area contributed by atoms with Gasteiger partial charge in [0, 0.05) is 10.9 Å².